The van der Waals surface area contributed by atoms with Crippen molar-refractivity contribution < 1.29 is 33.0 Å². The Kier molecular flexibility index (Phi) is 10.2. The molecular formula is C27H33BrO7. The first kappa shape index (κ1) is 28.2. The molecule has 0 radical (unpaired) electrons. The SMILES string of the molecule is CC.CCOC(=O)Cc1ccc(OC)cc1OCc1c(C(=O)OC(C)(C)C)oc2ccc(Br)cc12. The number of hydrogen-bond acceptors (Lipinski definition) is 7. The number of ether oxygens (including phenoxy) is 4. The lowest BCUT2D eigenvalue weighted by Crippen LogP contribution is -2.24. The van der Waals surface area contributed by atoms with E-state index in [0.29, 0.717) is 34.8 Å². The maximum atomic E-state index is 12.9. The minimum atomic E-state index is -0.686. The summed E-state index contributed by atoms with van der Waals surface area (Å²) in [5.74, 6) is 0.157. The number of esters is 2. The van der Waals surface area contributed by atoms with E-state index in [0.717, 1.165) is 9.86 Å². The Labute approximate surface area is 214 Å². The minimum absolute atomic E-state index is 0.0149. The van der Waals surface area contributed by atoms with Gasteiger partial charge in [0.25, 0.3) is 0 Å². The van der Waals surface area contributed by atoms with Crippen LogP contribution in [0.15, 0.2) is 45.3 Å². The van der Waals surface area contributed by atoms with Gasteiger partial charge in [-0.1, -0.05) is 35.8 Å². The Morgan fingerprint density at radius 3 is 2.40 bits per heavy atom. The average Bonchev–Trinajstić information content (AvgIpc) is 3.16. The number of carbonyl (C=O) groups excluding carboxylic acids is 2. The van der Waals surface area contributed by atoms with Crippen molar-refractivity contribution >= 4 is 38.8 Å². The van der Waals surface area contributed by atoms with E-state index in [4.69, 9.17) is 23.4 Å². The molecule has 0 N–H and O–H groups in total. The van der Waals surface area contributed by atoms with Crippen molar-refractivity contribution in [3.8, 4) is 11.5 Å². The van der Waals surface area contributed by atoms with Crippen molar-refractivity contribution in [2.75, 3.05) is 13.7 Å². The molecule has 0 aliphatic heterocycles. The summed E-state index contributed by atoms with van der Waals surface area (Å²) < 4.78 is 28.7. The molecule has 0 fully saturated rings. The highest BCUT2D eigenvalue weighted by atomic mass is 79.9. The molecule has 0 aliphatic carbocycles. The molecule has 190 valence electrons. The van der Waals surface area contributed by atoms with Crippen LogP contribution in [-0.2, 0) is 27.3 Å². The molecule has 0 saturated carbocycles. The average molecular weight is 549 g/mol. The van der Waals surface area contributed by atoms with Crippen molar-refractivity contribution in [2.24, 2.45) is 0 Å². The number of furan rings is 1. The quantitative estimate of drug-likeness (QED) is 0.284. The zero-order valence-electron chi connectivity index (χ0n) is 21.3. The van der Waals surface area contributed by atoms with Gasteiger partial charge in [-0.05, 0) is 52.0 Å². The van der Waals surface area contributed by atoms with E-state index in [9.17, 15) is 9.59 Å². The van der Waals surface area contributed by atoms with Gasteiger partial charge in [0.15, 0.2) is 0 Å². The monoisotopic (exact) mass is 548 g/mol. The van der Waals surface area contributed by atoms with Crippen molar-refractivity contribution in [2.45, 2.75) is 60.2 Å². The molecule has 0 aliphatic rings. The Morgan fingerprint density at radius 2 is 1.77 bits per heavy atom. The van der Waals surface area contributed by atoms with E-state index in [1.54, 1.807) is 59.1 Å². The Balaban J connectivity index is 0.00000210. The second-order valence-corrected chi connectivity index (χ2v) is 9.21. The lowest BCUT2D eigenvalue weighted by atomic mass is 10.1. The third kappa shape index (κ3) is 7.75. The Morgan fingerprint density at radius 1 is 1.06 bits per heavy atom. The first-order valence-electron chi connectivity index (χ1n) is 11.5. The van der Waals surface area contributed by atoms with Crippen LogP contribution in [0.25, 0.3) is 11.0 Å². The van der Waals surface area contributed by atoms with Crippen LogP contribution < -0.4 is 9.47 Å². The van der Waals surface area contributed by atoms with Gasteiger partial charge in [0.1, 0.15) is 29.3 Å². The third-order valence-electron chi connectivity index (χ3n) is 4.62. The maximum absolute atomic E-state index is 12.9. The second kappa shape index (κ2) is 12.6. The highest BCUT2D eigenvalue weighted by Gasteiger charge is 2.27. The summed E-state index contributed by atoms with van der Waals surface area (Å²) in [5.41, 5.74) is 1.04. The zero-order valence-corrected chi connectivity index (χ0v) is 22.9. The lowest BCUT2D eigenvalue weighted by molar-refractivity contribution is -0.142. The van der Waals surface area contributed by atoms with Crippen molar-refractivity contribution in [1.29, 1.82) is 0 Å². The molecule has 1 aromatic heterocycles. The molecule has 8 heteroatoms. The van der Waals surface area contributed by atoms with E-state index >= 15 is 0 Å². The zero-order chi connectivity index (χ0) is 26.2. The molecule has 35 heavy (non-hydrogen) atoms. The molecule has 0 atom stereocenters. The fourth-order valence-corrected chi connectivity index (χ4v) is 3.57. The van der Waals surface area contributed by atoms with Gasteiger partial charge < -0.3 is 23.4 Å². The molecule has 0 bridgehead atoms. The van der Waals surface area contributed by atoms with Gasteiger partial charge in [-0.2, -0.15) is 0 Å². The number of hydrogen-bond donors (Lipinski definition) is 0. The molecule has 2 aromatic carbocycles. The van der Waals surface area contributed by atoms with Crippen LogP contribution in [0.3, 0.4) is 0 Å². The van der Waals surface area contributed by atoms with Gasteiger partial charge in [0.2, 0.25) is 5.76 Å². The van der Waals surface area contributed by atoms with Crippen LogP contribution in [0.5, 0.6) is 11.5 Å². The van der Waals surface area contributed by atoms with Crippen molar-refractivity contribution in [3.63, 3.8) is 0 Å². The van der Waals surface area contributed by atoms with Crippen LogP contribution in [0.1, 0.15) is 63.2 Å². The number of methoxy groups -OCH3 is 1. The smallest absolute Gasteiger partial charge is 0.375 e. The van der Waals surface area contributed by atoms with Gasteiger partial charge in [-0.15, -0.1) is 0 Å². The summed E-state index contributed by atoms with van der Waals surface area (Å²) in [6.07, 6.45) is 0.0454. The first-order valence-corrected chi connectivity index (χ1v) is 12.3. The van der Waals surface area contributed by atoms with Crippen LogP contribution in [0, 0.1) is 0 Å². The number of rotatable bonds is 8. The maximum Gasteiger partial charge on any atom is 0.375 e. The highest BCUT2D eigenvalue weighted by Crippen LogP contribution is 2.33. The van der Waals surface area contributed by atoms with E-state index in [1.165, 1.54) is 0 Å². The molecule has 0 spiro atoms. The lowest BCUT2D eigenvalue weighted by Gasteiger charge is -2.19. The van der Waals surface area contributed by atoms with Gasteiger partial charge in [-0.3, -0.25) is 4.79 Å². The Bertz CT molecular complexity index is 1160. The molecule has 0 saturated heterocycles. The normalized spacial score (nSPS) is 10.9. The van der Waals surface area contributed by atoms with E-state index in [2.05, 4.69) is 15.9 Å². The molecule has 0 amide bonds. The summed E-state index contributed by atoms with van der Waals surface area (Å²) in [6.45, 7) is 11.4. The number of halogens is 1. The fraction of sp³-hybridized carbons (Fsp3) is 0.407. The summed E-state index contributed by atoms with van der Waals surface area (Å²) in [4.78, 5) is 24.9. The Hall–Kier alpha value is -3.00. The summed E-state index contributed by atoms with van der Waals surface area (Å²) in [6, 6.07) is 10.7. The molecule has 0 unspecified atom stereocenters. The van der Waals surface area contributed by atoms with Crippen LogP contribution in [-0.4, -0.2) is 31.3 Å². The fourth-order valence-electron chi connectivity index (χ4n) is 3.21. The molecule has 3 rings (SSSR count). The van der Waals surface area contributed by atoms with Crippen LogP contribution in [0.2, 0.25) is 0 Å². The molecular weight excluding hydrogens is 516 g/mol. The predicted octanol–water partition coefficient (Wildman–Crippen LogP) is 6.87. The standard InChI is InChI=1S/C25H27BrO7.C2H6/c1-6-30-22(27)11-15-7-9-17(29-5)13-21(15)31-14-19-18-12-16(26)8-10-20(18)32-23(19)24(28)33-25(2,3)4;1-2/h7-10,12-13H,6,11,14H2,1-5H3;1-2H3. The minimum Gasteiger partial charge on any atom is -0.497 e. The first-order chi connectivity index (χ1) is 16.6. The molecule has 3 aromatic rings. The van der Waals surface area contributed by atoms with Gasteiger partial charge >= 0.3 is 11.9 Å². The van der Waals surface area contributed by atoms with Crippen molar-refractivity contribution in [1.82, 2.24) is 0 Å². The van der Waals surface area contributed by atoms with Gasteiger partial charge in [0, 0.05) is 21.5 Å². The number of carbonyl (C=O) groups is 2. The van der Waals surface area contributed by atoms with E-state index < -0.39 is 11.6 Å². The predicted molar refractivity (Wildman–Crippen MR) is 138 cm³/mol. The van der Waals surface area contributed by atoms with Crippen LogP contribution in [0.4, 0.5) is 0 Å². The largest absolute Gasteiger partial charge is 0.497 e. The summed E-state index contributed by atoms with van der Waals surface area (Å²) in [7, 11) is 1.55. The van der Waals surface area contributed by atoms with Crippen molar-refractivity contribution in [3.05, 3.63) is 57.8 Å². The van der Waals surface area contributed by atoms with Gasteiger partial charge in [-0.25, -0.2) is 4.79 Å². The topological polar surface area (TPSA) is 84.2 Å². The number of benzene rings is 2. The van der Waals surface area contributed by atoms with Gasteiger partial charge in [0.05, 0.1) is 25.7 Å². The number of fused-ring (bicyclic) bond motifs is 1. The third-order valence-corrected chi connectivity index (χ3v) is 5.12. The van der Waals surface area contributed by atoms with E-state index in [1.807, 2.05) is 26.0 Å². The summed E-state index contributed by atoms with van der Waals surface area (Å²) >= 11 is 3.46. The second-order valence-electron chi connectivity index (χ2n) is 8.30. The molecule has 7 nitrogen and oxygen atoms in total. The van der Waals surface area contributed by atoms with Crippen LogP contribution >= 0.6 is 15.9 Å². The highest BCUT2D eigenvalue weighted by molar-refractivity contribution is 9.10. The summed E-state index contributed by atoms with van der Waals surface area (Å²) in [5, 5.41) is 0.722. The van der Waals surface area contributed by atoms with E-state index in [-0.39, 0.29) is 24.8 Å². The molecule has 1 heterocycles.